The van der Waals surface area contributed by atoms with Crippen LogP contribution in [0.25, 0.3) is 0 Å². The molecule has 0 aliphatic carbocycles. The summed E-state index contributed by atoms with van der Waals surface area (Å²) in [7, 11) is 0. The normalized spacial score (nSPS) is 8.93. The minimum Gasteiger partial charge on any atom is -0.452 e. The first-order valence-corrected chi connectivity index (χ1v) is 5.00. The van der Waals surface area contributed by atoms with Gasteiger partial charge in [-0.1, -0.05) is 30.4 Å². The number of carbonyl (C=O) groups excluding carboxylic acids is 1. The fourth-order valence-electron chi connectivity index (χ4n) is 0.890. The lowest BCUT2D eigenvalue weighted by Crippen LogP contribution is -2.01. The molecule has 1 aromatic rings. The Labute approximate surface area is 94.2 Å². The Morgan fingerprint density at radius 3 is 2.67 bits per heavy atom. The van der Waals surface area contributed by atoms with E-state index in [4.69, 9.17) is 16.3 Å². The number of carbonyl (C=O) groups is 1. The number of rotatable bonds is 2. The molecule has 1 rings (SSSR count). The molecular weight excluding hydrogens is 212 g/mol. The zero-order chi connectivity index (χ0) is 11.1. The highest BCUT2D eigenvalue weighted by atomic mass is 35.5. The third-order valence-electron chi connectivity index (χ3n) is 1.67. The molecule has 15 heavy (non-hydrogen) atoms. The molecule has 0 unspecified atom stereocenters. The topological polar surface area (TPSA) is 26.3 Å². The van der Waals surface area contributed by atoms with Gasteiger partial charge in [0.2, 0.25) is 0 Å². The van der Waals surface area contributed by atoms with E-state index in [-0.39, 0.29) is 12.6 Å². The second-order valence-electron chi connectivity index (χ2n) is 2.82. The zero-order valence-corrected chi connectivity index (χ0v) is 9.17. The summed E-state index contributed by atoms with van der Waals surface area (Å²) in [4.78, 5) is 10.8. The fraction of sp³-hybridized carbons (Fsp3) is 0.250. The fourth-order valence-corrected chi connectivity index (χ4v) is 1.02. The van der Waals surface area contributed by atoms with E-state index in [1.165, 1.54) is 0 Å². The van der Waals surface area contributed by atoms with Gasteiger partial charge in [0, 0.05) is 17.0 Å². The van der Waals surface area contributed by atoms with Gasteiger partial charge in [0.05, 0.1) is 0 Å². The lowest BCUT2D eigenvalue weighted by Gasteiger charge is -1.95. The quantitative estimate of drug-likeness (QED) is 0.568. The molecule has 0 bridgehead atoms. The first kappa shape index (κ1) is 11.6. The lowest BCUT2D eigenvalue weighted by atomic mass is 10.2. The molecular formula is C12H11ClO2. The Balaban J connectivity index is 2.44. The minimum absolute atomic E-state index is 0.134. The molecule has 0 aliphatic heterocycles. The van der Waals surface area contributed by atoms with Gasteiger partial charge in [-0.3, -0.25) is 4.79 Å². The van der Waals surface area contributed by atoms with Gasteiger partial charge in [0.15, 0.2) is 6.61 Å². The molecule has 0 amide bonds. The van der Waals surface area contributed by atoms with Crippen molar-refractivity contribution in [2.75, 3.05) is 6.61 Å². The first-order valence-electron chi connectivity index (χ1n) is 4.62. The van der Waals surface area contributed by atoms with Crippen molar-refractivity contribution in [3.8, 4) is 11.8 Å². The maximum atomic E-state index is 10.8. The second kappa shape index (κ2) is 6.10. The highest BCUT2D eigenvalue weighted by Gasteiger charge is 1.93. The monoisotopic (exact) mass is 222 g/mol. The summed E-state index contributed by atoms with van der Waals surface area (Å²) in [5, 5.41) is 0.679. The Kier molecular flexibility index (Phi) is 4.73. The summed E-state index contributed by atoms with van der Waals surface area (Å²) in [6.07, 6.45) is 0.378. The molecule has 0 saturated heterocycles. The summed E-state index contributed by atoms with van der Waals surface area (Å²) >= 11 is 5.72. The number of hydrogen-bond donors (Lipinski definition) is 0. The van der Waals surface area contributed by atoms with Crippen LogP contribution in [0, 0.1) is 11.8 Å². The summed E-state index contributed by atoms with van der Waals surface area (Å²) in [5.41, 5.74) is 0.854. The summed E-state index contributed by atoms with van der Waals surface area (Å²) in [5.74, 6) is 5.38. The van der Waals surface area contributed by atoms with E-state index >= 15 is 0 Å². The molecule has 0 aliphatic rings. The van der Waals surface area contributed by atoms with E-state index in [1.54, 1.807) is 19.1 Å². The Bertz CT molecular complexity index is 384. The van der Waals surface area contributed by atoms with Gasteiger partial charge in [-0.2, -0.15) is 0 Å². The largest absolute Gasteiger partial charge is 0.452 e. The molecule has 78 valence electrons. The Morgan fingerprint density at radius 2 is 2.07 bits per heavy atom. The average molecular weight is 223 g/mol. The predicted octanol–water partition coefficient (Wildman–Crippen LogP) is 2.64. The molecule has 0 radical (unpaired) electrons. The van der Waals surface area contributed by atoms with Crippen LogP contribution in [0.3, 0.4) is 0 Å². The van der Waals surface area contributed by atoms with Crippen molar-refractivity contribution in [1.29, 1.82) is 0 Å². The van der Waals surface area contributed by atoms with Crippen LogP contribution in [-0.4, -0.2) is 12.6 Å². The maximum Gasteiger partial charge on any atom is 0.306 e. The van der Waals surface area contributed by atoms with Gasteiger partial charge in [0.25, 0.3) is 0 Å². The van der Waals surface area contributed by atoms with Crippen molar-refractivity contribution < 1.29 is 9.53 Å². The first-order chi connectivity index (χ1) is 7.22. The highest BCUT2D eigenvalue weighted by Crippen LogP contribution is 2.08. The number of hydrogen-bond acceptors (Lipinski definition) is 2. The standard InChI is InChI=1S/C12H11ClO2/c1-2-12(14)15-9-3-4-10-5-7-11(13)8-6-10/h5-8H,2,9H2,1H3. The number of benzene rings is 1. The second-order valence-corrected chi connectivity index (χ2v) is 3.26. The van der Waals surface area contributed by atoms with Gasteiger partial charge in [0.1, 0.15) is 0 Å². The Hall–Kier alpha value is -1.46. The number of esters is 1. The van der Waals surface area contributed by atoms with Crippen LogP contribution in [0.2, 0.25) is 5.02 Å². The molecule has 2 nitrogen and oxygen atoms in total. The van der Waals surface area contributed by atoms with Crippen molar-refractivity contribution in [2.24, 2.45) is 0 Å². The molecule has 1 aromatic carbocycles. The van der Waals surface area contributed by atoms with Crippen molar-refractivity contribution in [3.05, 3.63) is 34.9 Å². The third-order valence-corrected chi connectivity index (χ3v) is 1.92. The van der Waals surface area contributed by atoms with Crippen molar-refractivity contribution in [3.63, 3.8) is 0 Å². The molecule has 0 N–H and O–H groups in total. The van der Waals surface area contributed by atoms with Gasteiger partial charge < -0.3 is 4.74 Å². The summed E-state index contributed by atoms with van der Waals surface area (Å²) < 4.78 is 4.80. The molecule has 0 aromatic heterocycles. The number of halogens is 1. The van der Waals surface area contributed by atoms with Gasteiger partial charge >= 0.3 is 5.97 Å². The SMILES string of the molecule is CCC(=O)OCC#Cc1ccc(Cl)cc1. The summed E-state index contributed by atoms with van der Waals surface area (Å²) in [6.45, 7) is 1.88. The van der Waals surface area contributed by atoms with E-state index < -0.39 is 0 Å². The molecule has 0 saturated carbocycles. The van der Waals surface area contributed by atoms with Crippen LogP contribution in [0.1, 0.15) is 18.9 Å². The van der Waals surface area contributed by atoms with E-state index in [9.17, 15) is 4.79 Å². The number of ether oxygens (including phenoxy) is 1. The minimum atomic E-state index is -0.236. The third kappa shape index (κ3) is 4.53. The van der Waals surface area contributed by atoms with Crippen molar-refractivity contribution >= 4 is 17.6 Å². The van der Waals surface area contributed by atoms with E-state index in [2.05, 4.69) is 11.8 Å². The van der Waals surface area contributed by atoms with Gasteiger partial charge in [-0.15, -0.1) is 0 Å². The van der Waals surface area contributed by atoms with Crippen LogP contribution < -0.4 is 0 Å². The van der Waals surface area contributed by atoms with E-state index in [0.717, 1.165) is 5.56 Å². The molecule has 0 spiro atoms. The smallest absolute Gasteiger partial charge is 0.306 e. The van der Waals surface area contributed by atoms with Gasteiger partial charge in [-0.05, 0) is 24.3 Å². The van der Waals surface area contributed by atoms with E-state index in [1.807, 2.05) is 12.1 Å². The molecule has 0 heterocycles. The van der Waals surface area contributed by atoms with Crippen LogP contribution in [0.15, 0.2) is 24.3 Å². The highest BCUT2D eigenvalue weighted by molar-refractivity contribution is 6.30. The van der Waals surface area contributed by atoms with Gasteiger partial charge in [-0.25, -0.2) is 0 Å². The molecule has 3 heteroatoms. The lowest BCUT2D eigenvalue weighted by molar-refractivity contribution is -0.141. The molecule has 0 fully saturated rings. The van der Waals surface area contributed by atoms with Crippen molar-refractivity contribution in [1.82, 2.24) is 0 Å². The maximum absolute atomic E-state index is 10.8. The summed E-state index contributed by atoms with van der Waals surface area (Å²) in [6, 6.07) is 7.17. The van der Waals surface area contributed by atoms with Crippen LogP contribution in [0.4, 0.5) is 0 Å². The zero-order valence-electron chi connectivity index (χ0n) is 8.42. The van der Waals surface area contributed by atoms with Crippen LogP contribution in [0.5, 0.6) is 0 Å². The van der Waals surface area contributed by atoms with E-state index in [0.29, 0.717) is 11.4 Å². The van der Waals surface area contributed by atoms with Crippen LogP contribution >= 0.6 is 11.6 Å². The average Bonchev–Trinajstić information content (AvgIpc) is 2.26. The molecule has 0 atom stereocenters. The van der Waals surface area contributed by atoms with Crippen molar-refractivity contribution in [2.45, 2.75) is 13.3 Å². The predicted molar refractivity (Wildman–Crippen MR) is 59.6 cm³/mol. The van der Waals surface area contributed by atoms with Crippen LogP contribution in [-0.2, 0) is 9.53 Å². The Morgan fingerprint density at radius 1 is 1.40 bits per heavy atom.